The second kappa shape index (κ2) is 5.93. The maximum Gasteiger partial charge on any atom is 0.0784 e. The number of aryl methyl sites for hydroxylation is 1. The van der Waals surface area contributed by atoms with Crippen molar-refractivity contribution in [1.29, 1.82) is 0 Å². The molecule has 0 aromatic heterocycles. The van der Waals surface area contributed by atoms with Gasteiger partial charge in [0.05, 0.1) is 11.6 Å². The Bertz CT molecular complexity index is 421. The molecule has 0 fully saturated rings. The smallest absolute Gasteiger partial charge is 0.0784 e. The summed E-state index contributed by atoms with van der Waals surface area (Å²) in [5.74, 6) is 0. The van der Waals surface area contributed by atoms with Crippen LogP contribution in [0.15, 0.2) is 24.3 Å². The Labute approximate surface area is 116 Å². The van der Waals surface area contributed by atoms with E-state index >= 15 is 0 Å². The molecule has 0 amide bonds. The van der Waals surface area contributed by atoms with Gasteiger partial charge in [-0.05, 0) is 44.7 Å². The third-order valence-electron chi connectivity index (χ3n) is 4.62. The molecule has 2 N–H and O–H groups in total. The highest BCUT2D eigenvalue weighted by molar-refractivity contribution is 5.57. The SMILES string of the molecule is COC(C)C(C)(CN)N1CCCCc2ccccc21. The van der Waals surface area contributed by atoms with E-state index in [2.05, 4.69) is 43.0 Å². The highest BCUT2D eigenvalue weighted by Gasteiger charge is 2.37. The third-order valence-corrected chi connectivity index (χ3v) is 4.62. The molecule has 1 aromatic rings. The maximum atomic E-state index is 6.10. The van der Waals surface area contributed by atoms with Gasteiger partial charge in [-0.3, -0.25) is 0 Å². The molecule has 0 aliphatic carbocycles. The zero-order chi connectivity index (χ0) is 13.9. The number of ether oxygens (including phenoxy) is 1. The largest absolute Gasteiger partial charge is 0.379 e. The summed E-state index contributed by atoms with van der Waals surface area (Å²) in [6, 6.07) is 8.70. The predicted molar refractivity (Wildman–Crippen MR) is 80.7 cm³/mol. The Balaban J connectivity index is 2.42. The average molecular weight is 262 g/mol. The molecule has 1 heterocycles. The molecule has 0 bridgehead atoms. The molecule has 2 atom stereocenters. The molecule has 2 unspecified atom stereocenters. The van der Waals surface area contributed by atoms with Gasteiger partial charge < -0.3 is 15.4 Å². The zero-order valence-corrected chi connectivity index (χ0v) is 12.4. The summed E-state index contributed by atoms with van der Waals surface area (Å²) < 4.78 is 5.59. The molecular weight excluding hydrogens is 236 g/mol. The molecular formula is C16H26N2O. The Morgan fingerprint density at radius 3 is 2.79 bits per heavy atom. The minimum absolute atomic E-state index is 0.101. The van der Waals surface area contributed by atoms with Crippen LogP contribution < -0.4 is 10.6 Å². The Morgan fingerprint density at radius 1 is 1.37 bits per heavy atom. The van der Waals surface area contributed by atoms with E-state index in [4.69, 9.17) is 10.5 Å². The van der Waals surface area contributed by atoms with Crippen LogP contribution in [-0.4, -0.2) is 31.8 Å². The molecule has 2 rings (SSSR count). The Morgan fingerprint density at radius 2 is 2.11 bits per heavy atom. The van der Waals surface area contributed by atoms with Crippen LogP contribution in [0.4, 0.5) is 5.69 Å². The molecule has 3 nitrogen and oxygen atoms in total. The molecule has 0 radical (unpaired) electrons. The summed E-state index contributed by atoms with van der Waals surface area (Å²) in [6.07, 6.45) is 3.72. The number of para-hydroxylation sites is 1. The lowest BCUT2D eigenvalue weighted by molar-refractivity contribution is 0.0557. The molecule has 3 heteroatoms. The summed E-state index contributed by atoms with van der Waals surface area (Å²) >= 11 is 0. The fourth-order valence-corrected chi connectivity index (χ4v) is 2.97. The number of benzene rings is 1. The topological polar surface area (TPSA) is 38.5 Å². The molecule has 1 aromatic carbocycles. The Kier molecular flexibility index (Phi) is 4.48. The Hall–Kier alpha value is -1.06. The fourth-order valence-electron chi connectivity index (χ4n) is 2.97. The van der Waals surface area contributed by atoms with E-state index in [0.29, 0.717) is 6.54 Å². The van der Waals surface area contributed by atoms with Gasteiger partial charge in [0.2, 0.25) is 0 Å². The summed E-state index contributed by atoms with van der Waals surface area (Å²) in [7, 11) is 1.77. The van der Waals surface area contributed by atoms with Crippen LogP contribution in [0.5, 0.6) is 0 Å². The number of nitrogens with zero attached hydrogens (tertiary/aromatic N) is 1. The van der Waals surface area contributed by atoms with E-state index in [1.807, 2.05) is 0 Å². The van der Waals surface area contributed by atoms with Crippen LogP contribution in [0.3, 0.4) is 0 Å². The molecule has 19 heavy (non-hydrogen) atoms. The quantitative estimate of drug-likeness (QED) is 0.906. The molecule has 106 valence electrons. The van der Waals surface area contributed by atoms with E-state index in [9.17, 15) is 0 Å². The van der Waals surface area contributed by atoms with Gasteiger partial charge in [-0.1, -0.05) is 18.2 Å². The number of rotatable bonds is 4. The minimum Gasteiger partial charge on any atom is -0.379 e. The van der Waals surface area contributed by atoms with Crippen molar-refractivity contribution in [2.75, 3.05) is 25.1 Å². The van der Waals surface area contributed by atoms with Gasteiger partial charge in [-0.2, -0.15) is 0 Å². The number of methoxy groups -OCH3 is 1. The van der Waals surface area contributed by atoms with Gasteiger partial charge in [0.15, 0.2) is 0 Å². The first kappa shape index (κ1) is 14.4. The summed E-state index contributed by atoms with van der Waals surface area (Å²) in [5.41, 5.74) is 8.71. The van der Waals surface area contributed by atoms with Crippen LogP contribution in [-0.2, 0) is 11.2 Å². The van der Waals surface area contributed by atoms with E-state index in [1.54, 1.807) is 7.11 Å². The lowest BCUT2D eigenvalue weighted by atomic mass is 9.92. The normalized spacial score (nSPS) is 20.3. The van der Waals surface area contributed by atoms with Crippen molar-refractivity contribution in [3.63, 3.8) is 0 Å². The second-order valence-corrected chi connectivity index (χ2v) is 5.68. The number of hydrogen-bond acceptors (Lipinski definition) is 3. The third kappa shape index (κ3) is 2.63. The van der Waals surface area contributed by atoms with Gasteiger partial charge in [0.25, 0.3) is 0 Å². The van der Waals surface area contributed by atoms with Gasteiger partial charge in [-0.15, -0.1) is 0 Å². The monoisotopic (exact) mass is 262 g/mol. The highest BCUT2D eigenvalue weighted by atomic mass is 16.5. The summed E-state index contributed by atoms with van der Waals surface area (Å²) in [5, 5.41) is 0. The van der Waals surface area contributed by atoms with Gasteiger partial charge in [0, 0.05) is 25.9 Å². The van der Waals surface area contributed by atoms with Gasteiger partial charge >= 0.3 is 0 Å². The van der Waals surface area contributed by atoms with Crippen LogP contribution in [0.1, 0.15) is 32.3 Å². The molecule has 0 saturated carbocycles. The molecule has 0 saturated heterocycles. The first-order valence-electron chi connectivity index (χ1n) is 7.22. The number of anilines is 1. The number of fused-ring (bicyclic) bond motifs is 1. The van der Waals surface area contributed by atoms with Crippen molar-refractivity contribution in [1.82, 2.24) is 0 Å². The zero-order valence-electron chi connectivity index (χ0n) is 12.4. The van der Waals surface area contributed by atoms with Crippen molar-refractivity contribution in [3.05, 3.63) is 29.8 Å². The van der Waals surface area contributed by atoms with E-state index < -0.39 is 0 Å². The second-order valence-electron chi connectivity index (χ2n) is 5.68. The lowest BCUT2D eigenvalue weighted by Gasteiger charge is -2.45. The first-order chi connectivity index (χ1) is 9.13. The van der Waals surface area contributed by atoms with E-state index in [-0.39, 0.29) is 11.6 Å². The number of hydrogen-bond donors (Lipinski definition) is 1. The summed E-state index contributed by atoms with van der Waals surface area (Å²) in [6.45, 7) is 5.97. The first-order valence-corrected chi connectivity index (χ1v) is 7.22. The molecule has 1 aliphatic rings. The van der Waals surface area contributed by atoms with Crippen LogP contribution in [0, 0.1) is 0 Å². The van der Waals surface area contributed by atoms with Crippen LogP contribution >= 0.6 is 0 Å². The number of nitrogens with two attached hydrogens (primary N) is 1. The minimum atomic E-state index is -0.158. The van der Waals surface area contributed by atoms with Crippen molar-refractivity contribution in [3.8, 4) is 0 Å². The van der Waals surface area contributed by atoms with E-state index in [0.717, 1.165) is 13.0 Å². The molecule has 1 aliphatic heterocycles. The maximum absolute atomic E-state index is 6.10. The van der Waals surface area contributed by atoms with Crippen molar-refractivity contribution in [2.45, 2.75) is 44.8 Å². The van der Waals surface area contributed by atoms with Crippen LogP contribution in [0.2, 0.25) is 0 Å². The fraction of sp³-hybridized carbons (Fsp3) is 0.625. The lowest BCUT2D eigenvalue weighted by Crippen LogP contribution is -2.59. The van der Waals surface area contributed by atoms with E-state index in [1.165, 1.54) is 24.1 Å². The predicted octanol–water partition coefficient (Wildman–Crippen LogP) is 2.58. The van der Waals surface area contributed by atoms with Crippen LogP contribution in [0.25, 0.3) is 0 Å². The summed E-state index contributed by atoms with van der Waals surface area (Å²) in [4.78, 5) is 2.46. The van der Waals surface area contributed by atoms with Crippen molar-refractivity contribution >= 4 is 5.69 Å². The van der Waals surface area contributed by atoms with Crippen molar-refractivity contribution in [2.24, 2.45) is 5.73 Å². The van der Waals surface area contributed by atoms with Gasteiger partial charge in [-0.25, -0.2) is 0 Å². The highest BCUT2D eigenvalue weighted by Crippen LogP contribution is 2.33. The average Bonchev–Trinajstić information content (AvgIpc) is 2.68. The van der Waals surface area contributed by atoms with Gasteiger partial charge in [0.1, 0.15) is 0 Å². The standard InChI is InChI=1S/C16H26N2O/c1-13(19-3)16(2,12-17)18-11-7-6-9-14-8-4-5-10-15(14)18/h4-5,8,10,13H,6-7,9,11-12,17H2,1-3H3. The molecule has 0 spiro atoms. The van der Waals surface area contributed by atoms with Crippen molar-refractivity contribution < 1.29 is 4.74 Å².